The Hall–Kier alpha value is -2.05. The Morgan fingerprint density at radius 3 is 2.88 bits per heavy atom. The Labute approximate surface area is 155 Å². The average molecular weight is 373 g/mol. The van der Waals surface area contributed by atoms with Gasteiger partial charge >= 0.3 is 0 Å². The molecule has 0 unspecified atom stereocenters. The SMILES string of the molecule is C[C@H]1C[C@H]1c1ccc(/C=N\n2cnnc2SCc2ccc(Cl)cc2)o1. The zero-order valence-corrected chi connectivity index (χ0v) is 15.2. The van der Waals surface area contributed by atoms with Crippen LogP contribution in [0.4, 0.5) is 0 Å². The quantitative estimate of drug-likeness (QED) is 0.459. The van der Waals surface area contributed by atoms with Gasteiger partial charge in [0, 0.05) is 16.7 Å². The maximum Gasteiger partial charge on any atom is 0.212 e. The van der Waals surface area contributed by atoms with Crippen LogP contribution in [0.3, 0.4) is 0 Å². The van der Waals surface area contributed by atoms with Gasteiger partial charge in [-0.3, -0.25) is 0 Å². The fraction of sp³-hybridized carbons (Fsp3) is 0.278. The highest BCUT2D eigenvalue weighted by Gasteiger charge is 2.36. The van der Waals surface area contributed by atoms with Crippen LogP contribution < -0.4 is 0 Å². The highest BCUT2D eigenvalue weighted by Crippen LogP contribution is 2.47. The Balaban J connectivity index is 1.40. The van der Waals surface area contributed by atoms with Gasteiger partial charge in [-0.05, 0) is 42.2 Å². The van der Waals surface area contributed by atoms with E-state index in [1.54, 1.807) is 29.0 Å². The Morgan fingerprint density at radius 1 is 1.32 bits per heavy atom. The van der Waals surface area contributed by atoms with E-state index in [-0.39, 0.29) is 0 Å². The summed E-state index contributed by atoms with van der Waals surface area (Å²) in [6, 6.07) is 11.8. The molecule has 2 atom stereocenters. The summed E-state index contributed by atoms with van der Waals surface area (Å²) in [5.74, 6) is 3.87. The number of benzene rings is 1. The molecule has 1 saturated carbocycles. The molecule has 2 aromatic heterocycles. The van der Waals surface area contributed by atoms with Crippen molar-refractivity contribution in [2.75, 3.05) is 0 Å². The molecule has 0 radical (unpaired) electrons. The van der Waals surface area contributed by atoms with E-state index < -0.39 is 0 Å². The van der Waals surface area contributed by atoms with E-state index >= 15 is 0 Å². The lowest BCUT2D eigenvalue weighted by molar-refractivity contribution is 0.499. The van der Waals surface area contributed by atoms with Crippen molar-refractivity contribution >= 4 is 29.6 Å². The van der Waals surface area contributed by atoms with E-state index in [2.05, 4.69) is 22.2 Å². The van der Waals surface area contributed by atoms with Gasteiger partial charge in [-0.15, -0.1) is 10.2 Å². The number of hydrogen-bond donors (Lipinski definition) is 0. The van der Waals surface area contributed by atoms with Crippen molar-refractivity contribution in [1.29, 1.82) is 0 Å². The standard InChI is InChI=1S/C18H17ClN4OS/c1-12-8-16(12)17-7-6-15(24-17)9-21-23-11-20-22-18(23)25-10-13-2-4-14(19)5-3-13/h2-7,9,11-12,16H,8,10H2,1H3/b21-9-/t12-,16+/m0/s1. The summed E-state index contributed by atoms with van der Waals surface area (Å²) in [4.78, 5) is 0. The number of nitrogens with zero attached hydrogens (tertiary/aromatic N) is 4. The molecule has 1 aromatic carbocycles. The summed E-state index contributed by atoms with van der Waals surface area (Å²) in [5.41, 5.74) is 1.17. The predicted octanol–water partition coefficient (Wildman–Crippen LogP) is 4.82. The molecule has 4 rings (SSSR count). The summed E-state index contributed by atoms with van der Waals surface area (Å²) in [6.07, 6.45) is 4.50. The van der Waals surface area contributed by atoms with E-state index in [0.717, 1.165) is 33.4 Å². The van der Waals surface area contributed by atoms with Crippen LogP contribution in [0.5, 0.6) is 0 Å². The molecule has 3 aromatic rings. The zero-order chi connectivity index (χ0) is 17.2. The molecule has 1 aliphatic rings. The molecule has 25 heavy (non-hydrogen) atoms. The lowest BCUT2D eigenvalue weighted by Crippen LogP contribution is -1.92. The Kier molecular flexibility index (Phi) is 4.63. The van der Waals surface area contributed by atoms with Gasteiger partial charge in [0.25, 0.3) is 0 Å². The smallest absolute Gasteiger partial charge is 0.212 e. The van der Waals surface area contributed by atoms with Crippen LogP contribution in [0.15, 0.2) is 57.4 Å². The lowest BCUT2D eigenvalue weighted by Gasteiger charge is -2.01. The van der Waals surface area contributed by atoms with Crippen molar-refractivity contribution in [3.8, 4) is 0 Å². The lowest BCUT2D eigenvalue weighted by atomic mass is 10.2. The van der Waals surface area contributed by atoms with Gasteiger partial charge < -0.3 is 4.42 Å². The third-order valence-corrected chi connectivity index (χ3v) is 5.47. The highest BCUT2D eigenvalue weighted by molar-refractivity contribution is 7.98. The molecule has 0 bridgehead atoms. The number of halogens is 1. The minimum Gasteiger partial charge on any atom is -0.460 e. The molecule has 0 aliphatic heterocycles. The number of rotatable bonds is 6. The first-order valence-corrected chi connectivity index (χ1v) is 9.47. The molecule has 1 fully saturated rings. The van der Waals surface area contributed by atoms with Crippen LogP contribution in [0.2, 0.25) is 5.02 Å². The van der Waals surface area contributed by atoms with Crippen molar-refractivity contribution < 1.29 is 4.42 Å². The maximum absolute atomic E-state index is 5.91. The van der Waals surface area contributed by atoms with Crippen LogP contribution in [-0.2, 0) is 5.75 Å². The molecule has 128 valence electrons. The van der Waals surface area contributed by atoms with E-state index in [1.165, 1.54) is 12.0 Å². The average Bonchev–Trinajstić information content (AvgIpc) is 3.03. The largest absolute Gasteiger partial charge is 0.460 e. The first kappa shape index (κ1) is 16.4. The Morgan fingerprint density at radius 2 is 2.12 bits per heavy atom. The van der Waals surface area contributed by atoms with E-state index in [4.69, 9.17) is 16.0 Å². The first-order chi connectivity index (χ1) is 12.2. The first-order valence-electron chi connectivity index (χ1n) is 8.10. The number of hydrogen-bond acceptors (Lipinski definition) is 5. The van der Waals surface area contributed by atoms with Gasteiger partial charge in [0.1, 0.15) is 17.8 Å². The summed E-state index contributed by atoms with van der Waals surface area (Å²) in [6.45, 7) is 2.24. The summed E-state index contributed by atoms with van der Waals surface area (Å²) in [5, 5.41) is 13.9. The number of furan rings is 1. The van der Waals surface area contributed by atoms with Gasteiger partial charge in [0.05, 0.1) is 6.21 Å². The topological polar surface area (TPSA) is 56.2 Å². The molecular formula is C18H17ClN4OS. The molecule has 0 spiro atoms. The third kappa shape index (κ3) is 3.96. The second-order valence-electron chi connectivity index (χ2n) is 6.18. The maximum atomic E-state index is 5.91. The molecule has 7 heteroatoms. The van der Waals surface area contributed by atoms with Crippen molar-refractivity contribution in [1.82, 2.24) is 14.9 Å². The van der Waals surface area contributed by atoms with E-state index in [9.17, 15) is 0 Å². The van der Waals surface area contributed by atoms with E-state index in [1.807, 2.05) is 36.4 Å². The van der Waals surface area contributed by atoms with Gasteiger partial charge in [-0.25, -0.2) is 0 Å². The number of thioether (sulfide) groups is 1. The zero-order valence-electron chi connectivity index (χ0n) is 13.7. The van der Waals surface area contributed by atoms with Crippen molar-refractivity contribution in [2.24, 2.45) is 11.0 Å². The second-order valence-corrected chi connectivity index (χ2v) is 7.56. The van der Waals surface area contributed by atoms with Gasteiger partial charge in [-0.1, -0.05) is 42.4 Å². The van der Waals surface area contributed by atoms with E-state index in [0.29, 0.717) is 5.92 Å². The minimum atomic E-state index is 0.572. The van der Waals surface area contributed by atoms with Crippen LogP contribution in [0.1, 0.15) is 36.3 Å². The van der Waals surface area contributed by atoms with Crippen molar-refractivity contribution in [2.45, 2.75) is 30.2 Å². The van der Waals surface area contributed by atoms with Crippen LogP contribution in [-0.4, -0.2) is 21.1 Å². The van der Waals surface area contributed by atoms with Crippen LogP contribution >= 0.6 is 23.4 Å². The molecule has 5 nitrogen and oxygen atoms in total. The fourth-order valence-electron chi connectivity index (χ4n) is 2.60. The monoisotopic (exact) mass is 372 g/mol. The summed E-state index contributed by atoms with van der Waals surface area (Å²) < 4.78 is 7.49. The summed E-state index contributed by atoms with van der Waals surface area (Å²) in [7, 11) is 0. The molecule has 0 amide bonds. The second kappa shape index (κ2) is 7.06. The van der Waals surface area contributed by atoms with Gasteiger partial charge in [0.15, 0.2) is 0 Å². The number of aromatic nitrogens is 3. The molecular weight excluding hydrogens is 356 g/mol. The summed E-state index contributed by atoms with van der Waals surface area (Å²) >= 11 is 7.48. The van der Waals surface area contributed by atoms with Crippen molar-refractivity contribution in [3.05, 3.63) is 64.8 Å². The van der Waals surface area contributed by atoms with Crippen molar-refractivity contribution in [3.63, 3.8) is 0 Å². The van der Waals surface area contributed by atoms with Gasteiger partial charge in [-0.2, -0.15) is 9.78 Å². The normalized spacial score (nSPS) is 19.6. The van der Waals surface area contributed by atoms with Gasteiger partial charge in [0.2, 0.25) is 5.16 Å². The molecule has 1 aliphatic carbocycles. The molecule has 0 saturated heterocycles. The third-order valence-electron chi connectivity index (χ3n) is 4.21. The molecule has 2 heterocycles. The van der Waals surface area contributed by atoms with Crippen LogP contribution in [0, 0.1) is 5.92 Å². The predicted molar refractivity (Wildman–Crippen MR) is 99.3 cm³/mol. The minimum absolute atomic E-state index is 0.572. The Bertz CT molecular complexity index is 887. The fourth-order valence-corrected chi connectivity index (χ4v) is 3.54. The molecule has 0 N–H and O–H groups in total. The highest BCUT2D eigenvalue weighted by atomic mass is 35.5. The van der Waals surface area contributed by atoms with Crippen LogP contribution in [0.25, 0.3) is 0 Å².